The summed E-state index contributed by atoms with van der Waals surface area (Å²) in [6.07, 6.45) is 2.78. The van der Waals surface area contributed by atoms with Crippen LogP contribution in [0.15, 0.2) is 13.6 Å². The van der Waals surface area contributed by atoms with Crippen LogP contribution in [-0.4, -0.2) is 86.2 Å². The lowest BCUT2D eigenvalue weighted by atomic mass is 9.92. The molecule has 3 heterocycles. The third kappa shape index (κ3) is 6.93. The first-order chi connectivity index (χ1) is 17.6. The van der Waals surface area contributed by atoms with Gasteiger partial charge in [0.1, 0.15) is 35.6 Å². The van der Waals surface area contributed by atoms with Crippen molar-refractivity contribution in [2.75, 3.05) is 12.8 Å². The van der Waals surface area contributed by atoms with Gasteiger partial charge in [-0.05, 0) is 64.2 Å². The lowest BCUT2D eigenvalue weighted by molar-refractivity contribution is -0.205. The normalized spacial score (nSPS) is 35.1. The van der Waals surface area contributed by atoms with Gasteiger partial charge in [-0.25, -0.2) is 4.79 Å². The molecule has 10 nitrogen and oxygen atoms in total. The zero-order valence-corrected chi connectivity index (χ0v) is 23.1. The van der Waals surface area contributed by atoms with Gasteiger partial charge in [-0.3, -0.25) is 9.69 Å². The second-order valence-electron chi connectivity index (χ2n) is 10.7. The van der Waals surface area contributed by atoms with Crippen LogP contribution in [-0.2, 0) is 16.1 Å². The highest BCUT2D eigenvalue weighted by molar-refractivity contribution is 7.99. The summed E-state index contributed by atoms with van der Waals surface area (Å²) in [5.41, 5.74) is -0.775. The van der Waals surface area contributed by atoms with Crippen LogP contribution in [0.4, 0.5) is 0 Å². The van der Waals surface area contributed by atoms with Crippen LogP contribution < -0.4 is 11.1 Å². The summed E-state index contributed by atoms with van der Waals surface area (Å²) in [5, 5.41) is 33.7. The Kier molecular flexibility index (Phi) is 9.69. The first-order valence-corrected chi connectivity index (χ1v) is 14.8. The molecule has 2 aliphatic heterocycles. The number of alkyl halides is 1. The number of rotatable bonds is 9. The van der Waals surface area contributed by atoms with Crippen molar-refractivity contribution >= 4 is 29.3 Å². The topological polar surface area (TPSA) is 146 Å². The number of hydrogen-bond donors (Lipinski definition) is 4. The number of halogens is 1. The van der Waals surface area contributed by atoms with Crippen molar-refractivity contribution in [3.63, 3.8) is 0 Å². The Hall–Kier alpha value is -1.08. The van der Waals surface area contributed by atoms with E-state index < -0.39 is 53.1 Å². The van der Waals surface area contributed by atoms with E-state index in [1.54, 1.807) is 20.1 Å². The summed E-state index contributed by atoms with van der Waals surface area (Å²) < 4.78 is 16.2. The minimum absolute atomic E-state index is 0.259. The molecule has 0 aromatic carbocycles. The fourth-order valence-corrected chi connectivity index (χ4v) is 6.44. The van der Waals surface area contributed by atoms with E-state index in [4.69, 9.17) is 25.2 Å². The zero-order chi connectivity index (χ0) is 26.9. The van der Waals surface area contributed by atoms with Gasteiger partial charge < -0.3 is 34.2 Å². The first kappa shape index (κ1) is 28.9. The number of aliphatic hydroxyl groups excluding tert-OH is 3. The van der Waals surface area contributed by atoms with Crippen LogP contribution in [0.1, 0.15) is 57.0 Å². The lowest BCUT2D eigenvalue weighted by Gasteiger charge is -2.44. The van der Waals surface area contributed by atoms with Crippen molar-refractivity contribution in [1.82, 2.24) is 10.2 Å². The molecule has 1 aromatic rings. The number of amides is 1. The number of likely N-dealkylation sites (tertiary alicyclic amines) is 1. The molecule has 4 unspecified atom stereocenters. The number of ether oxygens (including phenoxy) is 1. The van der Waals surface area contributed by atoms with Crippen molar-refractivity contribution < 1.29 is 33.7 Å². The third-order valence-corrected chi connectivity index (χ3v) is 9.08. The predicted molar refractivity (Wildman–Crippen MR) is 138 cm³/mol. The predicted octanol–water partition coefficient (Wildman–Crippen LogP) is 1.59. The summed E-state index contributed by atoms with van der Waals surface area (Å²) in [6, 6.07) is -1.34. The van der Waals surface area contributed by atoms with Crippen LogP contribution in [0.25, 0.3) is 0 Å². The van der Waals surface area contributed by atoms with Crippen molar-refractivity contribution in [3.05, 3.63) is 22.1 Å². The van der Waals surface area contributed by atoms with E-state index in [9.17, 15) is 24.9 Å². The molecule has 37 heavy (non-hydrogen) atoms. The van der Waals surface area contributed by atoms with E-state index in [-0.39, 0.29) is 12.5 Å². The van der Waals surface area contributed by atoms with Crippen molar-refractivity contribution in [1.29, 1.82) is 0 Å². The molecule has 1 amide bonds. The molecule has 0 bridgehead atoms. The summed E-state index contributed by atoms with van der Waals surface area (Å²) in [5.74, 6) is 1.07. The van der Waals surface area contributed by atoms with Gasteiger partial charge in [0.25, 0.3) is 0 Å². The maximum absolute atomic E-state index is 13.8. The molecule has 1 saturated carbocycles. The van der Waals surface area contributed by atoms with Crippen molar-refractivity contribution in [2.45, 2.75) is 106 Å². The number of aryl methyl sites for hydroxylation is 1. The van der Waals surface area contributed by atoms with Crippen LogP contribution in [0, 0.1) is 18.8 Å². The highest BCUT2D eigenvalue weighted by Gasteiger charge is 2.48. The minimum atomic E-state index is -1.43. The minimum Gasteiger partial charge on any atom is -0.396 e. The molecule has 3 fully saturated rings. The van der Waals surface area contributed by atoms with E-state index >= 15 is 0 Å². The van der Waals surface area contributed by atoms with E-state index in [1.165, 1.54) is 31.0 Å². The molecule has 9 atom stereocenters. The molecule has 4 rings (SSSR count). The molecule has 2 saturated heterocycles. The fraction of sp³-hybridized carbons (Fsp3) is 0.840. The average Bonchev–Trinajstić information content (AvgIpc) is 3.64. The smallest absolute Gasteiger partial charge is 0.396 e. The van der Waals surface area contributed by atoms with Gasteiger partial charge >= 0.3 is 5.82 Å². The largest absolute Gasteiger partial charge is 0.519 e. The van der Waals surface area contributed by atoms with Crippen LogP contribution in [0.5, 0.6) is 0 Å². The van der Waals surface area contributed by atoms with Gasteiger partial charge in [0.15, 0.2) is 5.76 Å². The van der Waals surface area contributed by atoms with Crippen LogP contribution in [0.3, 0.4) is 0 Å². The molecule has 0 spiro atoms. The number of hydrogen-bond acceptors (Lipinski definition) is 10. The summed E-state index contributed by atoms with van der Waals surface area (Å²) in [4.78, 5) is 27.4. The number of aliphatic hydroxyl groups is 3. The molecular formula is C25H39ClN2O8S. The molecule has 210 valence electrons. The Balaban J connectivity index is 1.52. The van der Waals surface area contributed by atoms with Gasteiger partial charge in [0, 0.05) is 0 Å². The molecule has 1 aromatic heterocycles. The quantitative estimate of drug-likeness (QED) is 0.327. The summed E-state index contributed by atoms with van der Waals surface area (Å²) in [7, 11) is 0. The van der Waals surface area contributed by atoms with E-state index in [1.807, 2.05) is 4.90 Å². The van der Waals surface area contributed by atoms with Crippen LogP contribution >= 0.6 is 23.4 Å². The Morgan fingerprint density at radius 3 is 2.38 bits per heavy atom. The average molecular weight is 563 g/mol. The number of carbonyl (C=O) groups is 1. The Morgan fingerprint density at radius 2 is 1.78 bits per heavy atom. The Morgan fingerprint density at radius 1 is 1.11 bits per heavy atom. The Bertz CT molecular complexity index is 967. The van der Waals surface area contributed by atoms with E-state index in [0.29, 0.717) is 30.4 Å². The summed E-state index contributed by atoms with van der Waals surface area (Å²) >= 11 is 7.68. The SMILES string of the molecule is CS[C@H]1O[C@H](C(NC(=O)C2CCC(CC3CC3)CCN2Cc2oc(=O)oc2C)C(C)Cl)[C@H](O)[C@H](O)[C@H]1O. The molecule has 1 aliphatic carbocycles. The van der Waals surface area contributed by atoms with E-state index in [0.717, 1.165) is 18.8 Å². The molecular weight excluding hydrogens is 524 g/mol. The second-order valence-corrected chi connectivity index (χ2v) is 12.3. The van der Waals surface area contributed by atoms with Gasteiger partial charge in [-0.2, -0.15) is 0 Å². The molecule has 0 radical (unpaired) electrons. The Labute approximate surface area is 226 Å². The van der Waals surface area contributed by atoms with Gasteiger partial charge in [-0.1, -0.05) is 12.8 Å². The fourth-order valence-electron chi connectivity index (χ4n) is 5.56. The first-order valence-electron chi connectivity index (χ1n) is 13.1. The number of nitrogens with one attached hydrogen (secondary N) is 1. The monoisotopic (exact) mass is 562 g/mol. The zero-order valence-electron chi connectivity index (χ0n) is 21.5. The van der Waals surface area contributed by atoms with Crippen molar-refractivity contribution in [3.8, 4) is 0 Å². The van der Waals surface area contributed by atoms with E-state index in [2.05, 4.69) is 5.32 Å². The number of carbonyl (C=O) groups excluding carboxylic acids is 1. The second kappa shape index (κ2) is 12.4. The lowest BCUT2D eigenvalue weighted by Crippen LogP contribution is -2.65. The number of nitrogens with zero attached hydrogens (tertiary/aromatic N) is 1. The van der Waals surface area contributed by atoms with Crippen molar-refractivity contribution in [2.24, 2.45) is 11.8 Å². The molecule has 4 N–H and O–H groups in total. The maximum atomic E-state index is 13.8. The highest BCUT2D eigenvalue weighted by atomic mass is 35.5. The molecule has 3 aliphatic rings. The van der Waals surface area contributed by atoms with Gasteiger partial charge in [-0.15, -0.1) is 23.4 Å². The summed E-state index contributed by atoms with van der Waals surface area (Å²) in [6.45, 7) is 4.27. The molecule has 12 heteroatoms. The third-order valence-electron chi connectivity index (χ3n) is 7.96. The highest BCUT2D eigenvalue weighted by Crippen LogP contribution is 2.39. The number of thioether (sulfide) groups is 1. The standard InChI is InChI=1S/C25H39ClN2O8S/c1-12(26)18(22-20(30)19(29)21(31)24(36-22)37-3)27-23(32)16-7-6-15(10-14-4-5-14)8-9-28(16)11-17-13(2)34-25(33)35-17/h12,14-16,18-22,24,29-31H,4-11H2,1-3H3,(H,27,32)/t12?,15?,16?,18?,19-,20+,21+,22+,24+/m0/s1. The van der Waals surface area contributed by atoms with Gasteiger partial charge in [0.2, 0.25) is 5.91 Å². The van der Waals surface area contributed by atoms with Crippen LogP contribution in [0.2, 0.25) is 0 Å². The van der Waals surface area contributed by atoms with Gasteiger partial charge in [0.05, 0.1) is 24.0 Å². The maximum Gasteiger partial charge on any atom is 0.519 e.